The van der Waals surface area contributed by atoms with Gasteiger partial charge in [-0.15, -0.1) is 11.3 Å². The largest absolute Gasteiger partial charge is 0.487 e. The van der Waals surface area contributed by atoms with E-state index in [1.807, 2.05) is 29.8 Å². The van der Waals surface area contributed by atoms with Crippen molar-refractivity contribution in [3.8, 4) is 0 Å². The number of rotatable bonds is 4. The zero-order valence-corrected chi connectivity index (χ0v) is 17.9. The third kappa shape index (κ3) is 3.25. The summed E-state index contributed by atoms with van der Waals surface area (Å²) in [6, 6.07) is 11.3. The lowest BCUT2D eigenvalue weighted by molar-refractivity contribution is 0.124. The highest BCUT2D eigenvalue weighted by atomic mass is 32.2. The van der Waals surface area contributed by atoms with Crippen molar-refractivity contribution in [1.29, 1.82) is 0 Å². The molecule has 156 valence electrons. The van der Waals surface area contributed by atoms with Crippen LogP contribution in [0, 0.1) is 0 Å². The molecule has 4 aromatic rings. The van der Waals surface area contributed by atoms with Gasteiger partial charge in [-0.05, 0) is 36.4 Å². The maximum atomic E-state index is 12.8. The Morgan fingerprint density at radius 2 is 2.06 bits per heavy atom. The molecule has 0 spiro atoms. The molecular weight excluding hydrogens is 434 g/mol. The second-order valence-corrected chi connectivity index (χ2v) is 10.2. The summed E-state index contributed by atoms with van der Waals surface area (Å²) in [6.07, 6.45) is 2.32. The van der Waals surface area contributed by atoms with Crippen molar-refractivity contribution >= 4 is 59.4 Å². The summed E-state index contributed by atoms with van der Waals surface area (Å²) < 4.78 is 38.1. The minimum atomic E-state index is -3.59. The van der Waals surface area contributed by atoms with Gasteiger partial charge in [-0.1, -0.05) is 0 Å². The van der Waals surface area contributed by atoms with Gasteiger partial charge in [0, 0.05) is 34.9 Å². The molecule has 0 bridgehead atoms. The third-order valence-corrected chi connectivity index (χ3v) is 7.75. The zero-order chi connectivity index (χ0) is 21.0. The molecule has 2 aromatic carbocycles. The Morgan fingerprint density at radius 1 is 1.13 bits per heavy atom. The number of nitrogens with zero attached hydrogens (tertiary/aromatic N) is 2. The van der Waals surface area contributed by atoms with Crippen molar-refractivity contribution < 1.29 is 17.9 Å². The van der Waals surface area contributed by atoms with Crippen molar-refractivity contribution in [2.24, 2.45) is 0 Å². The SMILES string of the molecule is O=S1(=O)C=C(OC2CCOC2)c2cc3nccc(Nc4ccc5scnc5c4)c3cc21. The number of hydrogen-bond donors (Lipinski definition) is 1. The van der Waals surface area contributed by atoms with Crippen LogP contribution in [0.2, 0.25) is 0 Å². The quantitative estimate of drug-likeness (QED) is 0.489. The van der Waals surface area contributed by atoms with Crippen LogP contribution in [-0.2, 0) is 19.3 Å². The molecule has 4 heterocycles. The van der Waals surface area contributed by atoms with E-state index in [4.69, 9.17) is 9.47 Å². The molecule has 2 aliphatic rings. The van der Waals surface area contributed by atoms with Crippen LogP contribution in [0.3, 0.4) is 0 Å². The fourth-order valence-corrected chi connectivity index (χ4v) is 5.94. The normalized spacial score (nSPS) is 19.5. The first kappa shape index (κ1) is 18.7. The van der Waals surface area contributed by atoms with E-state index in [9.17, 15) is 8.42 Å². The molecule has 2 aliphatic heterocycles. The standard InChI is InChI=1S/C22H17N3O4S2/c26-31(27)11-20(29-14-4-6-28-10-14)16-8-18-15(9-22(16)31)17(3-5-23-18)25-13-1-2-21-19(7-13)24-12-30-21/h1-3,5,7-9,11-12,14H,4,6,10H2,(H,23,25). The number of aromatic nitrogens is 2. The highest BCUT2D eigenvalue weighted by Gasteiger charge is 2.31. The number of pyridine rings is 1. The maximum absolute atomic E-state index is 12.8. The number of nitrogens with one attached hydrogen (secondary N) is 1. The summed E-state index contributed by atoms with van der Waals surface area (Å²) in [4.78, 5) is 9.06. The lowest BCUT2D eigenvalue weighted by Crippen LogP contribution is -2.10. The van der Waals surface area contributed by atoms with Crippen molar-refractivity contribution in [1.82, 2.24) is 9.97 Å². The summed E-state index contributed by atoms with van der Waals surface area (Å²) in [6.45, 7) is 1.09. The highest BCUT2D eigenvalue weighted by Crippen LogP contribution is 2.39. The van der Waals surface area contributed by atoms with Gasteiger partial charge in [0.1, 0.15) is 11.9 Å². The second kappa shape index (κ2) is 7.01. The predicted octanol–water partition coefficient (Wildman–Crippen LogP) is 4.48. The molecule has 0 aliphatic carbocycles. The van der Waals surface area contributed by atoms with Gasteiger partial charge in [0.15, 0.2) is 0 Å². The third-order valence-electron chi connectivity index (χ3n) is 5.47. The summed E-state index contributed by atoms with van der Waals surface area (Å²) in [5.74, 6) is 0.363. The Hall–Kier alpha value is -3.01. The monoisotopic (exact) mass is 451 g/mol. The molecule has 0 radical (unpaired) electrons. The van der Waals surface area contributed by atoms with Gasteiger partial charge in [-0.3, -0.25) is 4.98 Å². The Balaban J connectivity index is 1.42. The number of thiazole rings is 1. The minimum absolute atomic E-state index is 0.135. The van der Waals surface area contributed by atoms with Crippen molar-refractivity contribution in [3.63, 3.8) is 0 Å². The van der Waals surface area contributed by atoms with Crippen molar-refractivity contribution in [3.05, 3.63) is 59.1 Å². The Morgan fingerprint density at radius 3 is 2.94 bits per heavy atom. The number of benzene rings is 2. The van der Waals surface area contributed by atoms with Crippen LogP contribution >= 0.6 is 11.3 Å². The number of sulfone groups is 1. The first-order valence-electron chi connectivity index (χ1n) is 9.81. The van der Waals surface area contributed by atoms with E-state index < -0.39 is 9.84 Å². The van der Waals surface area contributed by atoms with Crippen LogP contribution in [0.15, 0.2) is 58.4 Å². The van der Waals surface area contributed by atoms with Crippen LogP contribution < -0.4 is 5.32 Å². The summed E-state index contributed by atoms with van der Waals surface area (Å²) in [5.41, 5.74) is 5.61. The number of ether oxygens (including phenoxy) is 2. The number of anilines is 2. The zero-order valence-electron chi connectivity index (χ0n) is 16.2. The molecule has 1 saturated heterocycles. The van der Waals surface area contributed by atoms with E-state index in [2.05, 4.69) is 15.3 Å². The smallest absolute Gasteiger partial charge is 0.204 e. The first-order valence-corrected chi connectivity index (χ1v) is 12.2. The summed E-state index contributed by atoms with van der Waals surface area (Å²) in [7, 11) is -3.59. The van der Waals surface area contributed by atoms with Crippen LogP contribution in [0.4, 0.5) is 11.4 Å². The van der Waals surface area contributed by atoms with Gasteiger partial charge < -0.3 is 14.8 Å². The van der Waals surface area contributed by atoms with E-state index >= 15 is 0 Å². The lowest BCUT2D eigenvalue weighted by atomic mass is 10.1. The topological polar surface area (TPSA) is 90.4 Å². The van der Waals surface area contributed by atoms with E-state index in [0.29, 0.717) is 30.1 Å². The van der Waals surface area contributed by atoms with Crippen LogP contribution in [0.5, 0.6) is 0 Å². The maximum Gasteiger partial charge on any atom is 0.204 e. The molecule has 0 saturated carbocycles. The van der Waals surface area contributed by atoms with Gasteiger partial charge in [0.05, 0.1) is 44.8 Å². The Labute approximate surface area is 182 Å². The molecule has 1 atom stereocenters. The van der Waals surface area contributed by atoms with E-state index in [0.717, 1.165) is 33.4 Å². The Kier molecular flexibility index (Phi) is 4.24. The molecule has 1 unspecified atom stereocenters. The molecule has 6 rings (SSSR count). The van der Waals surface area contributed by atoms with Crippen LogP contribution in [0.25, 0.3) is 26.9 Å². The van der Waals surface area contributed by atoms with Crippen LogP contribution in [0.1, 0.15) is 12.0 Å². The minimum Gasteiger partial charge on any atom is -0.487 e. The van der Waals surface area contributed by atoms with Crippen molar-refractivity contribution in [2.75, 3.05) is 18.5 Å². The van der Waals surface area contributed by atoms with Gasteiger partial charge in [-0.2, -0.15) is 0 Å². The van der Waals surface area contributed by atoms with E-state index in [1.54, 1.807) is 29.7 Å². The van der Waals surface area contributed by atoms with Gasteiger partial charge in [0.2, 0.25) is 9.84 Å². The molecule has 1 fully saturated rings. The summed E-state index contributed by atoms with van der Waals surface area (Å²) in [5, 5.41) is 5.31. The van der Waals surface area contributed by atoms with Gasteiger partial charge in [0.25, 0.3) is 0 Å². The molecule has 0 amide bonds. The van der Waals surface area contributed by atoms with Crippen molar-refractivity contribution in [2.45, 2.75) is 17.4 Å². The average Bonchev–Trinajstić information content (AvgIpc) is 3.48. The predicted molar refractivity (Wildman–Crippen MR) is 120 cm³/mol. The molecule has 1 N–H and O–H groups in total. The fraction of sp³-hybridized carbons (Fsp3) is 0.182. The average molecular weight is 452 g/mol. The Bertz CT molecular complexity index is 1470. The lowest BCUT2D eigenvalue weighted by Gasteiger charge is -2.14. The second-order valence-electron chi connectivity index (χ2n) is 7.51. The number of fused-ring (bicyclic) bond motifs is 3. The van der Waals surface area contributed by atoms with Gasteiger partial charge >= 0.3 is 0 Å². The molecule has 2 aromatic heterocycles. The van der Waals surface area contributed by atoms with Gasteiger partial charge in [-0.25, -0.2) is 13.4 Å². The fourth-order valence-electron chi connectivity index (χ4n) is 3.95. The molecular formula is C22H17N3O4S2. The molecule has 7 nitrogen and oxygen atoms in total. The van der Waals surface area contributed by atoms with Crippen LogP contribution in [-0.4, -0.2) is 37.7 Å². The van der Waals surface area contributed by atoms with E-state index in [-0.39, 0.29) is 11.0 Å². The molecule has 31 heavy (non-hydrogen) atoms. The number of hydrogen-bond acceptors (Lipinski definition) is 8. The van der Waals surface area contributed by atoms with E-state index in [1.165, 1.54) is 5.41 Å². The molecule has 9 heteroatoms. The highest BCUT2D eigenvalue weighted by molar-refractivity contribution is 7.95. The first-order chi connectivity index (χ1) is 15.1. The summed E-state index contributed by atoms with van der Waals surface area (Å²) >= 11 is 1.59.